The summed E-state index contributed by atoms with van der Waals surface area (Å²) in [5.74, 6) is -0.0135. The molecule has 0 bridgehead atoms. The van der Waals surface area contributed by atoms with Gasteiger partial charge < -0.3 is 10.6 Å². The van der Waals surface area contributed by atoms with Crippen molar-refractivity contribution in [2.45, 2.75) is 26.4 Å². The lowest BCUT2D eigenvalue weighted by Crippen LogP contribution is -2.37. The van der Waals surface area contributed by atoms with E-state index in [4.69, 9.17) is 0 Å². The first-order chi connectivity index (χ1) is 9.15. The van der Waals surface area contributed by atoms with Crippen LogP contribution in [0.25, 0.3) is 0 Å². The number of carbonyl (C=O) groups is 1. The maximum atomic E-state index is 12.0. The Morgan fingerprint density at radius 1 is 1.26 bits per heavy atom. The summed E-state index contributed by atoms with van der Waals surface area (Å²) in [6.07, 6.45) is 0. The van der Waals surface area contributed by atoms with Gasteiger partial charge in [0, 0.05) is 17.1 Å². The Bertz CT molecular complexity index is 520. The SMILES string of the molecule is Cc1ccc(NC(=O)[C@H](C)NCc2cccs2)cc1. The molecule has 1 aromatic heterocycles. The third-order valence-corrected chi connectivity index (χ3v) is 3.75. The van der Waals surface area contributed by atoms with Gasteiger partial charge in [-0.3, -0.25) is 4.79 Å². The van der Waals surface area contributed by atoms with Gasteiger partial charge in [-0.1, -0.05) is 23.8 Å². The molecule has 1 amide bonds. The zero-order chi connectivity index (χ0) is 13.7. The van der Waals surface area contributed by atoms with Crippen LogP contribution in [-0.4, -0.2) is 11.9 Å². The van der Waals surface area contributed by atoms with Crippen LogP contribution in [0.3, 0.4) is 0 Å². The molecule has 0 saturated carbocycles. The van der Waals surface area contributed by atoms with Crippen molar-refractivity contribution >= 4 is 22.9 Å². The Labute approximate surface area is 117 Å². The van der Waals surface area contributed by atoms with Gasteiger partial charge >= 0.3 is 0 Å². The van der Waals surface area contributed by atoms with Crippen LogP contribution in [0.2, 0.25) is 0 Å². The Morgan fingerprint density at radius 2 is 2.00 bits per heavy atom. The van der Waals surface area contributed by atoms with Gasteiger partial charge in [-0.25, -0.2) is 0 Å². The van der Waals surface area contributed by atoms with E-state index in [0.717, 1.165) is 12.2 Å². The highest BCUT2D eigenvalue weighted by molar-refractivity contribution is 7.09. The van der Waals surface area contributed by atoms with Gasteiger partial charge in [-0.15, -0.1) is 11.3 Å². The highest BCUT2D eigenvalue weighted by Gasteiger charge is 2.12. The Balaban J connectivity index is 1.83. The number of hydrogen-bond acceptors (Lipinski definition) is 3. The van der Waals surface area contributed by atoms with Crippen molar-refractivity contribution in [3.8, 4) is 0 Å². The van der Waals surface area contributed by atoms with Crippen LogP contribution in [0.5, 0.6) is 0 Å². The number of anilines is 1. The predicted octanol–water partition coefficient (Wildman–Crippen LogP) is 3.17. The number of aryl methyl sites for hydroxylation is 1. The number of hydrogen-bond donors (Lipinski definition) is 2. The fourth-order valence-electron chi connectivity index (χ4n) is 1.65. The molecule has 0 aliphatic carbocycles. The summed E-state index contributed by atoms with van der Waals surface area (Å²) >= 11 is 1.69. The average molecular weight is 274 g/mol. The summed E-state index contributed by atoms with van der Waals surface area (Å²) in [6.45, 7) is 4.62. The normalized spacial score (nSPS) is 12.1. The molecule has 0 fully saturated rings. The summed E-state index contributed by atoms with van der Waals surface area (Å²) in [7, 11) is 0. The molecule has 0 aliphatic heterocycles. The van der Waals surface area contributed by atoms with Gasteiger partial charge in [0.05, 0.1) is 6.04 Å². The lowest BCUT2D eigenvalue weighted by Gasteiger charge is -2.13. The van der Waals surface area contributed by atoms with E-state index in [-0.39, 0.29) is 11.9 Å². The molecule has 1 heterocycles. The maximum absolute atomic E-state index is 12.0. The van der Waals surface area contributed by atoms with Gasteiger partial charge in [-0.05, 0) is 37.4 Å². The number of benzene rings is 1. The lowest BCUT2D eigenvalue weighted by molar-refractivity contribution is -0.117. The summed E-state index contributed by atoms with van der Waals surface area (Å²) in [4.78, 5) is 13.2. The van der Waals surface area contributed by atoms with Gasteiger partial charge in [0.1, 0.15) is 0 Å². The first-order valence-electron chi connectivity index (χ1n) is 6.28. The first-order valence-corrected chi connectivity index (χ1v) is 7.16. The van der Waals surface area contributed by atoms with Gasteiger partial charge in [0.2, 0.25) is 5.91 Å². The molecule has 100 valence electrons. The van der Waals surface area contributed by atoms with Crippen molar-refractivity contribution in [1.29, 1.82) is 0 Å². The standard InChI is InChI=1S/C15H18N2OS/c1-11-5-7-13(8-6-11)17-15(18)12(2)16-10-14-4-3-9-19-14/h3-9,12,16H,10H2,1-2H3,(H,17,18)/t12-/m0/s1. The lowest BCUT2D eigenvalue weighted by atomic mass is 10.2. The molecule has 2 rings (SSSR count). The molecule has 0 radical (unpaired) electrons. The quantitative estimate of drug-likeness (QED) is 0.879. The molecule has 19 heavy (non-hydrogen) atoms. The predicted molar refractivity (Wildman–Crippen MR) is 80.4 cm³/mol. The minimum atomic E-state index is -0.219. The molecule has 1 aromatic carbocycles. The maximum Gasteiger partial charge on any atom is 0.241 e. The minimum absolute atomic E-state index is 0.0135. The highest BCUT2D eigenvalue weighted by atomic mass is 32.1. The van der Waals surface area contributed by atoms with Crippen molar-refractivity contribution < 1.29 is 4.79 Å². The summed E-state index contributed by atoms with van der Waals surface area (Å²) < 4.78 is 0. The Kier molecular flexibility index (Phi) is 4.71. The number of nitrogens with one attached hydrogen (secondary N) is 2. The number of carbonyl (C=O) groups excluding carboxylic acids is 1. The second-order valence-electron chi connectivity index (χ2n) is 4.54. The molecule has 0 saturated heterocycles. The number of thiophene rings is 1. The smallest absolute Gasteiger partial charge is 0.241 e. The van der Waals surface area contributed by atoms with Gasteiger partial charge in [0.25, 0.3) is 0 Å². The topological polar surface area (TPSA) is 41.1 Å². The van der Waals surface area contributed by atoms with Crippen molar-refractivity contribution in [1.82, 2.24) is 5.32 Å². The average Bonchev–Trinajstić information content (AvgIpc) is 2.91. The van der Waals surface area contributed by atoms with Crippen LogP contribution in [0.15, 0.2) is 41.8 Å². The van der Waals surface area contributed by atoms with E-state index in [1.165, 1.54) is 10.4 Å². The van der Waals surface area contributed by atoms with E-state index in [1.54, 1.807) is 11.3 Å². The molecule has 2 aromatic rings. The Hall–Kier alpha value is -1.65. The summed E-state index contributed by atoms with van der Waals surface area (Å²) in [5, 5.41) is 8.15. The number of rotatable bonds is 5. The molecular weight excluding hydrogens is 256 g/mol. The zero-order valence-corrected chi connectivity index (χ0v) is 12.0. The molecule has 1 atom stereocenters. The van der Waals surface area contributed by atoms with Crippen LogP contribution in [0, 0.1) is 6.92 Å². The van der Waals surface area contributed by atoms with Crippen LogP contribution in [0.4, 0.5) is 5.69 Å². The third-order valence-electron chi connectivity index (χ3n) is 2.87. The van der Waals surface area contributed by atoms with Crippen molar-refractivity contribution in [3.05, 3.63) is 52.2 Å². The molecule has 0 aliphatic rings. The molecule has 3 nitrogen and oxygen atoms in total. The molecular formula is C15H18N2OS. The van der Waals surface area contributed by atoms with Crippen molar-refractivity contribution in [3.63, 3.8) is 0 Å². The Morgan fingerprint density at radius 3 is 2.63 bits per heavy atom. The van der Waals surface area contributed by atoms with Gasteiger partial charge in [0.15, 0.2) is 0 Å². The van der Waals surface area contributed by atoms with Crippen molar-refractivity contribution in [2.75, 3.05) is 5.32 Å². The minimum Gasteiger partial charge on any atom is -0.325 e. The molecule has 4 heteroatoms. The van der Waals surface area contributed by atoms with E-state index in [1.807, 2.05) is 49.6 Å². The second kappa shape index (κ2) is 6.50. The van der Waals surface area contributed by atoms with E-state index in [9.17, 15) is 4.79 Å². The highest BCUT2D eigenvalue weighted by Crippen LogP contribution is 2.10. The van der Waals surface area contributed by atoms with Crippen LogP contribution in [0.1, 0.15) is 17.4 Å². The van der Waals surface area contributed by atoms with E-state index in [0.29, 0.717) is 0 Å². The summed E-state index contributed by atoms with van der Waals surface area (Å²) in [5.41, 5.74) is 2.02. The van der Waals surface area contributed by atoms with Crippen LogP contribution in [-0.2, 0) is 11.3 Å². The summed E-state index contributed by atoms with van der Waals surface area (Å²) in [6, 6.07) is 11.7. The third kappa shape index (κ3) is 4.19. The van der Waals surface area contributed by atoms with E-state index >= 15 is 0 Å². The fourth-order valence-corrected chi connectivity index (χ4v) is 2.30. The zero-order valence-electron chi connectivity index (χ0n) is 11.1. The number of amides is 1. The van der Waals surface area contributed by atoms with Crippen LogP contribution < -0.4 is 10.6 Å². The van der Waals surface area contributed by atoms with Crippen molar-refractivity contribution in [2.24, 2.45) is 0 Å². The van der Waals surface area contributed by atoms with Crippen LogP contribution >= 0.6 is 11.3 Å². The fraction of sp³-hybridized carbons (Fsp3) is 0.267. The van der Waals surface area contributed by atoms with E-state index < -0.39 is 0 Å². The molecule has 0 unspecified atom stereocenters. The molecule has 2 N–H and O–H groups in total. The largest absolute Gasteiger partial charge is 0.325 e. The first kappa shape index (κ1) is 13.8. The monoisotopic (exact) mass is 274 g/mol. The van der Waals surface area contributed by atoms with Gasteiger partial charge in [-0.2, -0.15) is 0 Å². The molecule has 0 spiro atoms. The van der Waals surface area contributed by atoms with E-state index in [2.05, 4.69) is 16.7 Å². The second-order valence-corrected chi connectivity index (χ2v) is 5.57.